The first-order valence-corrected chi connectivity index (χ1v) is 6.91. The zero-order valence-corrected chi connectivity index (χ0v) is 12.0. The van der Waals surface area contributed by atoms with E-state index in [0.717, 1.165) is 25.8 Å². The van der Waals surface area contributed by atoms with Crippen molar-refractivity contribution in [1.82, 2.24) is 5.32 Å². The number of benzene rings is 1. The summed E-state index contributed by atoms with van der Waals surface area (Å²) in [6.07, 6.45) is 2.98. The first-order chi connectivity index (χ1) is 9.61. The number of hydrogen-bond acceptors (Lipinski definition) is 4. The van der Waals surface area contributed by atoms with Crippen molar-refractivity contribution in [1.29, 1.82) is 0 Å². The molecule has 108 valence electrons. The summed E-state index contributed by atoms with van der Waals surface area (Å²) in [6.45, 7) is 0.861. The Morgan fingerprint density at radius 2 is 2.20 bits per heavy atom. The molecule has 1 aliphatic rings. The number of ether oxygens (including phenoxy) is 1. The zero-order chi connectivity index (χ0) is 14.5. The molecule has 1 atom stereocenters. The first kappa shape index (κ1) is 14.8. The molecule has 2 N–H and O–H groups in total. The third-order valence-corrected chi connectivity index (χ3v) is 3.58. The van der Waals surface area contributed by atoms with Gasteiger partial charge < -0.3 is 15.4 Å². The molecule has 0 bridgehead atoms. The van der Waals surface area contributed by atoms with Crippen molar-refractivity contribution in [3.8, 4) is 0 Å². The third kappa shape index (κ3) is 3.49. The Morgan fingerprint density at radius 1 is 1.40 bits per heavy atom. The van der Waals surface area contributed by atoms with Crippen LogP contribution in [-0.2, 0) is 9.53 Å². The van der Waals surface area contributed by atoms with Gasteiger partial charge >= 0.3 is 5.97 Å². The molecule has 6 heteroatoms. The molecule has 1 amide bonds. The number of methoxy groups -OCH3 is 1. The Morgan fingerprint density at radius 3 is 2.80 bits per heavy atom. The number of esters is 1. The molecule has 1 unspecified atom stereocenters. The molecule has 0 spiro atoms. The lowest BCUT2D eigenvalue weighted by molar-refractivity contribution is -0.118. The van der Waals surface area contributed by atoms with E-state index in [1.165, 1.54) is 13.2 Å². The van der Waals surface area contributed by atoms with Gasteiger partial charge in [0, 0.05) is 5.69 Å². The summed E-state index contributed by atoms with van der Waals surface area (Å²) in [6, 6.07) is 4.56. The van der Waals surface area contributed by atoms with Gasteiger partial charge in [-0.05, 0) is 37.6 Å². The number of amides is 1. The van der Waals surface area contributed by atoms with Gasteiger partial charge in [0.15, 0.2) is 0 Å². The van der Waals surface area contributed by atoms with E-state index in [-0.39, 0.29) is 22.5 Å². The Balaban J connectivity index is 2.04. The maximum absolute atomic E-state index is 12.0. The summed E-state index contributed by atoms with van der Waals surface area (Å²) < 4.78 is 4.61. The molecule has 2 rings (SSSR count). The first-order valence-electron chi connectivity index (χ1n) is 6.54. The lowest BCUT2D eigenvalue weighted by Crippen LogP contribution is -2.43. The molecule has 1 fully saturated rings. The molecule has 1 saturated heterocycles. The van der Waals surface area contributed by atoms with Crippen molar-refractivity contribution >= 4 is 29.2 Å². The van der Waals surface area contributed by atoms with Gasteiger partial charge in [-0.2, -0.15) is 0 Å². The van der Waals surface area contributed by atoms with Gasteiger partial charge in [0.1, 0.15) is 0 Å². The van der Waals surface area contributed by atoms with Crippen LogP contribution in [0.3, 0.4) is 0 Å². The fourth-order valence-corrected chi connectivity index (χ4v) is 2.43. The molecule has 5 nitrogen and oxygen atoms in total. The lowest BCUT2D eigenvalue weighted by Gasteiger charge is -2.22. The van der Waals surface area contributed by atoms with Gasteiger partial charge in [0.2, 0.25) is 5.91 Å². The summed E-state index contributed by atoms with van der Waals surface area (Å²) >= 11 is 6.00. The number of nitrogens with one attached hydrogen (secondary N) is 2. The van der Waals surface area contributed by atoms with Gasteiger partial charge in [-0.25, -0.2) is 4.79 Å². The van der Waals surface area contributed by atoms with E-state index in [0.29, 0.717) is 5.69 Å². The highest BCUT2D eigenvalue weighted by molar-refractivity contribution is 6.34. The minimum absolute atomic E-state index is 0.0772. The number of piperidine rings is 1. The van der Waals surface area contributed by atoms with Gasteiger partial charge in [-0.3, -0.25) is 4.79 Å². The van der Waals surface area contributed by atoms with E-state index in [9.17, 15) is 9.59 Å². The van der Waals surface area contributed by atoms with Crippen LogP contribution >= 0.6 is 11.6 Å². The molecular weight excluding hydrogens is 280 g/mol. The second-order valence-electron chi connectivity index (χ2n) is 4.68. The van der Waals surface area contributed by atoms with Crippen molar-refractivity contribution in [3.05, 3.63) is 28.8 Å². The van der Waals surface area contributed by atoms with Crippen LogP contribution in [0.15, 0.2) is 18.2 Å². The Kier molecular flexibility index (Phi) is 4.98. The molecule has 1 aromatic carbocycles. The van der Waals surface area contributed by atoms with Gasteiger partial charge in [0.05, 0.1) is 23.7 Å². The number of rotatable bonds is 3. The molecule has 1 heterocycles. The predicted molar refractivity (Wildman–Crippen MR) is 77.1 cm³/mol. The SMILES string of the molecule is COC(=O)c1ccc(NC(=O)C2CCCCN2)cc1Cl. The van der Waals surface area contributed by atoms with Crippen LogP contribution in [0.2, 0.25) is 5.02 Å². The van der Waals surface area contributed by atoms with Crippen LogP contribution in [-0.4, -0.2) is 31.6 Å². The van der Waals surface area contributed by atoms with Crippen molar-refractivity contribution in [3.63, 3.8) is 0 Å². The minimum atomic E-state index is -0.498. The van der Waals surface area contributed by atoms with Crippen molar-refractivity contribution in [2.45, 2.75) is 25.3 Å². The Hall–Kier alpha value is -1.59. The van der Waals surface area contributed by atoms with Crippen LogP contribution in [0.1, 0.15) is 29.6 Å². The topological polar surface area (TPSA) is 67.4 Å². The Labute approximate surface area is 122 Å². The molecule has 1 aliphatic heterocycles. The largest absolute Gasteiger partial charge is 0.465 e. The van der Waals surface area contributed by atoms with E-state index in [4.69, 9.17) is 11.6 Å². The predicted octanol–water partition coefficient (Wildman–Crippen LogP) is 2.21. The summed E-state index contributed by atoms with van der Waals surface area (Å²) in [4.78, 5) is 23.5. The average molecular weight is 297 g/mol. The number of anilines is 1. The van der Waals surface area contributed by atoms with E-state index in [1.807, 2.05) is 0 Å². The van der Waals surface area contributed by atoms with Crippen LogP contribution < -0.4 is 10.6 Å². The van der Waals surface area contributed by atoms with E-state index in [2.05, 4.69) is 15.4 Å². The summed E-state index contributed by atoms with van der Waals surface area (Å²) in [7, 11) is 1.29. The van der Waals surface area contributed by atoms with Crippen molar-refractivity contribution < 1.29 is 14.3 Å². The summed E-state index contributed by atoms with van der Waals surface area (Å²) in [5, 5.41) is 6.23. The maximum Gasteiger partial charge on any atom is 0.339 e. The molecule has 0 aliphatic carbocycles. The molecule has 0 radical (unpaired) electrons. The second-order valence-corrected chi connectivity index (χ2v) is 5.09. The smallest absolute Gasteiger partial charge is 0.339 e. The third-order valence-electron chi connectivity index (χ3n) is 3.27. The second kappa shape index (κ2) is 6.72. The van der Waals surface area contributed by atoms with Crippen molar-refractivity contribution in [2.75, 3.05) is 19.0 Å². The molecule has 20 heavy (non-hydrogen) atoms. The van der Waals surface area contributed by atoms with Crippen LogP contribution in [0, 0.1) is 0 Å². The Bertz CT molecular complexity index is 513. The summed E-state index contributed by atoms with van der Waals surface area (Å²) in [5.41, 5.74) is 0.850. The number of halogens is 1. The summed E-state index contributed by atoms with van der Waals surface area (Å²) in [5.74, 6) is -0.576. The normalized spacial score (nSPS) is 18.4. The monoisotopic (exact) mass is 296 g/mol. The van der Waals surface area contributed by atoms with Gasteiger partial charge in [-0.1, -0.05) is 18.0 Å². The molecular formula is C14H17ClN2O3. The highest BCUT2D eigenvalue weighted by atomic mass is 35.5. The maximum atomic E-state index is 12.0. The quantitative estimate of drug-likeness (QED) is 0.839. The molecule has 0 saturated carbocycles. The highest BCUT2D eigenvalue weighted by Gasteiger charge is 2.21. The van der Waals surface area contributed by atoms with E-state index < -0.39 is 5.97 Å². The van der Waals surface area contributed by atoms with Gasteiger partial charge in [0.25, 0.3) is 0 Å². The van der Waals surface area contributed by atoms with Gasteiger partial charge in [-0.15, -0.1) is 0 Å². The van der Waals surface area contributed by atoms with Crippen molar-refractivity contribution in [2.24, 2.45) is 0 Å². The molecule has 0 aromatic heterocycles. The van der Waals surface area contributed by atoms with E-state index in [1.54, 1.807) is 12.1 Å². The molecule has 1 aromatic rings. The fourth-order valence-electron chi connectivity index (χ4n) is 2.17. The lowest BCUT2D eigenvalue weighted by atomic mass is 10.0. The van der Waals surface area contributed by atoms with E-state index >= 15 is 0 Å². The number of carbonyl (C=O) groups excluding carboxylic acids is 2. The van der Waals surface area contributed by atoms with Crippen LogP contribution in [0.25, 0.3) is 0 Å². The zero-order valence-electron chi connectivity index (χ0n) is 11.2. The number of hydrogen-bond donors (Lipinski definition) is 2. The minimum Gasteiger partial charge on any atom is -0.465 e. The van der Waals surface area contributed by atoms with Crippen LogP contribution in [0.4, 0.5) is 5.69 Å². The highest BCUT2D eigenvalue weighted by Crippen LogP contribution is 2.22. The standard InChI is InChI=1S/C14H17ClN2O3/c1-20-14(19)10-6-5-9(8-11(10)15)17-13(18)12-4-2-3-7-16-12/h5-6,8,12,16H,2-4,7H2,1H3,(H,17,18). The van der Waals surface area contributed by atoms with Crippen LogP contribution in [0.5, 0.6) is 0 Å². The fraction of sp³-hybridized carbons (Fsp3) is 0.429. The average Bonchev–Trinajstić information content (AvgIpc) is 2.47. The number of carbonyl (C=O) groups is 2.